The number of ether oxygens (including phenoxy) is 1. The van der Waals surface area contributed by atoms with E-state index in [4.69, 9.17) is 4.74 Å². The summed E-state index contributed by atoms with van der Waals surface area (Å²) in [6.07, 6.45) is 5.42. The number of rotatable bonds is 5. The van der Waals surface area contributed by atoms with Crippen LogP contribution in [0.2, 0.25) is 25.7 Å². The van der Waals surface area contributed by atoms with Crippen LogP contribution in [0.4, 0.5) is 0 Å². The van der Waals surface area contributed by atoms with Crippen LogP contribution >= 0.6 is 0 Å². The first-order valence-electron chi connectivity index (χ1n) is 7.84. The molecule has 2 aliphatic rings. The molecule has 0 spiro atoms. The Morgan fingerprint density at radius 3 is 2.79 bits per heavy atom. The van der Waals surface area contributed by atoms with Gasteiger partial charge in [-0.25, -0.2) is 0 Å². The van der Waals surface area contributed by atoms with Gasteiger partial charge in [-0.15, -0.1) is 0 Å². The Morgan fingerprint density at radius 1 is 1.26 bits per heavy atom. The molecule has 110 valence electrons. The molecule has 0 unspecified atom stereocenters. The van der Waals surface area contributed by atoms with E-state index in [9.17, 15) is 4.79 Å². The lowest BCUT2D eigenvalue weighted by Gasteiger charge is -2.44. The number of fused-ring (bicyclic) bond motifs is 1. The van der Waals surface area contributed by atoms with E-state index in [1.54, 1.807) is 0 Å². The van der Waals surface area contributed by atoms with E-state index in [1.807, 2.05) is 0 Å². The molecule has 2 atom stereocenters. The van der Waals surface area contributed by atoms with Crippen molar-refractivity contribution in [3.05, 3.63) is 0 Å². The minimum absolute atomic E-state index is 0.378. The van der Waals surface area contributed by atoms with Crippen molar-refractivity contribution in [3.8, 4) is 0 Å². The van der Waals surface area contributed by atoms with E-state index in [2.05, 4.69) is 24.5 Å². The van der Waals surface area contributed by atoms with Gasteiger partial charge in [0.15, 0.2) is 0 Å². The lowest BCUT2D eigenvalue weighted by Crippen LogP contribution is -2.52. The fraction of sp³-hybridized carbons (Fsp3) is 0.933. The van der Waals surface area contributed by atoms with Gasteiger partial charge in [-0.05, 0) is 31.7 Å². The lowest BCUT2D eigenvalue weighted by molar-refractivity contribution is -0.142. The highest BCUT2D eigenvalue weighted by atomic mass is 28.3. The highest BCUT2D eigenvalue weighted by molar-refractivity contribution is 6.76. The minimum atomic E-state index is -0.979. The van der Waals surface area contributed by atoms with E-state index in [0.717, 1.165) is 32.6 Å². The molecule has 2 aliphatic heterocycles. The molecule has 0 bridgehead atoms. The fourth-order valence-corrected chi connectivity index (χ4v) is 3.97. The Morgan fingerprint density at radius 2 is 2.05 bits per heavy atom. The lowest BCUT2D eigenvalue weighted by atomic mass is 9.84. The van der Waals surface area contributed by atoms with Crippen molar-refractivity contribution in [3.63, 3.8) is 0 Å². The van der Waals surface area contributed by atoms with Crippen LogP contribution in [0.3, 0.4) is 0 Å². The van der Waals surface area contributed by atoms with E-state index < -0.39 is 8.07 Å². The summed E-state index contributed by atoms with van der Waals surface area (Å²) in [5, 5.41) is 0. The molecule has 0 aromatic rings. The van der Waals surface area contributed by atoms with Crippen LogP contribution in [-0.2, 0) is 9.53 Å². The number of nitrogens with zero attached hydrogens (tertiary/aromatic N) is 1. The zero-order valence-corrected chi connectivity index (χ0v) is 13.8. The van der Waals surface area contributed by atoms with Crippen molar-refractivity contribution in [2.75, 3.05) is 19.8 Å². The van der Waals surface area contributed by atoms with Crippen LogP contribution in [0.25, 0.3) is 0 Å². The monoisotopic (exact) mass is 283 g/mol. The Labute approximate surface area is 118 Å². The molecular formula is C15H29NO2Si. The van der Waals surface area contributed by atoms with E-state index in [-0.39, 0.29) is 0 Å². The van der Waals surface area contributed by atoms with Crippen LogP contribution in [0, 0.1) is 5.92 Å². The molecule has 0 aliphatic carbocycles. The molecule has 0 aromatic heterocycles. The van der Waals surface area contributed by atoms with Crippen LogP contribution in [0.5, 0.6) is 0 Å². The molecule has 0 N–H and O–H groups in total. The Balaban J connectivity index is 1.78. The average Bonchev–Trinajstić information content (AvgIpc) is 2.36. The van der Waals surface area contributed by atoms with Crippen LogP contribution < -0.4 is 0 Å². The zero-order valence-electron chi connectivity index (χ0n) is 12.8. The molecule has 3 nitrogen and oxygen atoms in total. The smallest absolute Gasteiger partial charge is 0.222 e. The first-order valence-corrected chi connectivity index (χ1v) is 11.6. The summed E-state index contributed by atoms with van der Waals surface area (Å²) in [4.78, 5) is 14.1. The fourth-order valence-electron chi connectivity index (χ4n) is 3.21. The SMILES string of the molecule is C[Si](C)(C)CCOC[C@@H]1CCC(=O)N2CCCC[C@H]12. The highest BCUT2D eigenvalue weighted by Gasteiger charge is 2.36. The molecule has 0 saturated carbocycles. The van der Waals surface area contributed by atoms with E-state index in [0.29, 0.717) is 17.9 Å². The number of hydrogen-bond donors (Lipinski definition) is 0. The van der Waals surface area contributed by atoms with Gasteiger partial charge in [-0.1, -0.05) is 19.6 Å². The molecule has 0 aromatic carbocycles. The van der Waals surface area contributed by atoms with Gasteiger partial charge in [0.2, 0.25) is 5.91 Å². The molecule has 2 saturated heterocycles. The predicted molar refractivity (Wildman–Crippen MR) is 81.0 cm³/mol. The zero-order chi connectivity index (χ0) is 13.9. The second-order valence-electron chi connectivity index (χ2n) is 7.33. The maximum Gasteiger partial charge on any atom is 0.222 e. The largest absolute Gasteiger partial charge is 0.381 e. The third kappa shape index (κ3) is 4.31. The van der Waals surface area contributed by atoms with Crippen molar-refractivity contribution in [1.29, 1.82) is 0 Å². The van der Waals surface area contributed by atoms with Gasteiger partial charge in [0.05, 0.1) is 6.61 Å². The van der Waals surface area contributed by atoms with Gasteiger partial charge in [0.25, 0.3) is 0 Å². The van der Waals surface area contributed by atoms with E-state index in [1.165, 1.54) is 25.3 Å². The van der Waals surface area contributed by atoms with Gasteiger partial charge < -0.3 is 9.64 Å². The van der Waals surface area contributed by atoms with Crippen molar-refractivity contribution in [2.45, 2.75) is 63.8 Å². The molecule has 0 radical (unpaired) electrons. The second-order valence-corrected chi connectivity index (χ2v) is 13.0. The Kier molecular flexibility index (Phi) is 5.07. The summed E-state index contributed by atoms with van der Waals surface area (Å²) in [5.74, 6) is 0.961. The molecule has 1 amide bonds. The third-order valence-electron chi connectivity index (χ3n) is 4.47. The quantitative estimate of drug-likeness (QED) is 0.573. The van der Waals surface area contributed by atoms with E-state index >= 15 is 0 Å². The standard InChI is InChI=1S/C15H29NO2Si/c1-19(2,3)11-10-18-12-13-7-8-15(17)16-9-5-4-6-14(13)16/h13-14H,4-12H2,1-3H3/t13-,14+/m0/s1. The van der Waals surface area contributed by atoms with Gasteiger partial charge >= 0.3 is 0 Å². The Bertz CT molecular complexity index is 314. The minimum Gasteiger partial charge on any atom is -0.381 e. The van der Waals surface area contributed by atoms with Crippen LogP contribution in [-0.4, -0.2) is 44.7 Å². The van der Waals surface area contributed by atoms with Gasteiger partial charge in [-0.3, -0.25) is 4.79 Å². The normalized spacial score (nSPS) is 28.4. The van der Waals surface area contributed by atoms with Gasteiger partial charge in [0, 0.05) is 39.6 Å². The maximum absolute atomic E-state index is 11.9. The second kappa shape index (κ2) is 6.40. The summed E-state index contributed by atoms with van der Waals surface area (Å²) in [6, 6.07) is 1.72. The number of amides is 1. The Hall–Kier alpha value is -0.353. The number of piperidine rings is 2. The summed E-state index contributed by atoms with van der Waals surface area (Å²) < 4.78 is 5.93. The molecule has 2 rings (SSSR count). The summed E-state index contributed by atoms with van der Waals surface area (Å²) in [5.41, 5.74) is 0. The van der Waals surface area contributed by atoms with Crippen molar-refractivity contribution >= 4 is 14.0 Å². The molecule has 2 heterocycles. The number of hydrogen-bond acceptors (Lipinski definition) is 2. The maximum atomic E-state index is 11.9. The number of carbonyl (C=O) groups excluding carboxylic acids is 1. The van der Waals surface area contributed by atoms with Crippen LogP contribution in [0.1, 0.15) is 32.1 Å². The third-order valence-corrected chi connectivity index (χ3v) is 6.18. The average molecular weight is 283 g/mol. The topological polar surface area (TPSA) is 29.5 Å². The van der Waals surface area contributed by atoms with Crippen molar-refractivity contribution in [1.82, 2.24) is 4.90 Å². The van der Waals surface area contributed by atoms with Crippen LogP contribution in [0.15, 0.2) is 0 Å². The highest BCUT2D eigenvalue weighted by Crippen LogP contribution is 2.31. The van der Waals surface area contributed by atoms with Crippen molar-refractivity contribution < 1.29 is 9.53 Å². The molecule has 2 fully saturated rings. The molecule has 4 heteroatoms. The first-order chi connectivity index (χ1) is 8.97. The van der Waals surface area contributed by atoms with Gasteiger partial charge in [-0.2, -0.15) is 0 Å². The first kappa shape index (κ1) is 15.0. The predicted octanol–water partition coefficient (Wildman–Crippen LogP) is 3.13. The van der Waals surface area contributed by atoms with Crippen molar-refractivity contribution in [2.24, 2.45) is 5.92 Å². The molecular weight excluding hydrogens is 254 g/mol. The summed E-state index contributed by atoms with van der Waals surface area (Å²) in [7, 11) is -0.979. The summed E-state index contributed by atoms with van der Waals surface area (Å²) in [6.45, 7) is 9.91. The number of carbonyl (C=O) groups is 1. The summed E-state index contributed by atoms with van der Waals surface area (Å²) >= 11 is 0. The molecule has 19 heavy (non-hydrogen) atoms. The van der Waals surface area contributed by atoms with Gasteiger partial charge in [0.1, 0.15) is 0 Å².